The minimum atomic E-state index is -0.650. The molecule has 0 aromatic heterocycles. The average molecular weight is 501 g/mol. The van der Waals surface area contributed by atoms with E-state index in [0.29, 0.717) is 18.3 Å². The number of carbonyl (C=O) groups excluding carboxylic acids is 1. The van der Waals surface area contributed by atoms with Crippen molar-refractivity contribution < 1.29 is 14.3 Å². The summed E-state index contributed by atoms with van der Waals surface area (Å²) in [6, 6.07) is 29.7. The molecule has 0 spiro atoms. The summed E-state index contributed by atoms with van der Waals surface area (Å²) in [6.45, 7) is 1.95. The molecule has 0 aliphatic carbocycles. The molecule has 1 aliphatic rings. The first-order chi connectivity index (χ1) is 16.1. The van der Waals surface area contributed by atoms with E-state index >= 15 is 0 Å². The Morgan fingerprint density at radius 2 is 1.73 bits per heavy atom. The maximum atomic E-state index is 12.3. The van der Waals surface area contributed by atoms with E-state index in [-0.39, 0.29) is 5.91 Å². The molecule has 4 aromatic rings. The maximum Gasteiger partial charge on any atom is 0.243 e. The van der Waals surface area contributed by atoms with Crippen LogP contribution in [0.15, 0.2) is 101 Å². The van der Waals surface area contributed by atoms with E-state index in [4.69, 9.17) is 9.47 Å². The van der Waals surface area contributed by atoms with Crippen molar-refractivity contribution in [3.05, 3.63) is 112 Å². The monoisotopic (exact) mass is 500 g/mol. The number of halogens is 1. The molecule has 0 bridgehead atoms. The van der Waals surface area contributed by atoms with Crippen molar-refractivity contribution in [1.29, 1.82) is 0 Å². The zero-order valence-corrected chi connectivity index (χ0v) is 19.5. The first-order valence-electron chi connectivity index (χ1n) is 10.6. The lowest BCUT2D eigenvalue weighted by atomic mass is 10.1. The van der Waals surface area contributed by atoms with Gasteiger partial charge in [0.05, 0.1) is 4.47 Å². The molecule has 33 heavy (non-hydrogen) atoms. The minimum Gasteiger partial charge on any atom is -0.488 e. The number of carbonyl (C=O) groups is 1. The van der Waals surface area contributed by atoms with Crippen LogP contribution < -0.4 is 4.74 Å². The van der Waals surface area contributed by atoms with E-state index in [9.17, 15) is 4.79 Å². The Kier molecular flexibility index (Phi) is 5.84. The third-order valence-corrected chi connectivity index (χ3v) is 6.06. The summed E-state index contributed by atoms with van der Waals surface area (Å²) in [5.74, 6) is 0.934. The lowest BCUT2D eigenvalue weighted by Gasteiger charge is -2.20. The van der Waals surface area contributed by atoms with Crippen molar-refractivity contribution in [3.63, 3.8) is 0 Å². The molecule has 0 saturated heterocycles. The highest BCUT2D eigenvalue weighted by molar-refractivity contribution is 9.10. The lowest BCUT2D eigenvalue weighted by molar-refractivity contribution is -0.135. The number of hydrogen-bond donors (Lipinski definition) is 0. The standard InChI is InChI=1S/C27H21BrN2O3/c1-18(31)30-27(33-26(29-30)22-12-11-20-9-5-6-10-21(20)15-22)23-13-14-25(24(28)16-23)32-17-19-7-3-2-4-8-19/h2-16,27H,17H2,1H3/t27-/m0/s1. The van der Waals surface area contributed by atoms with Gasteiger partial charge >= 0.3 is 0 Å². The fraction of sp³-hybridized carbons (Fsp3) is 0.111. The normalized spacial score (nSPS) is 15.3. The molecule has 0 N–H and O–H groups in total. The van der Waals surface area contributed by atoms with Crippen molar-refractivity contribution >= 4 is 38.5 Å². The number of rotatable bonds is 5. The molecule has 6 heteroatoms. The zero-order valence-electron chi connectivity index (χ0n) is 17.9. The third-order valence-electron chi connectivity index (χ3n) is 5.44. The van der Waals surface area contributed by atoms with Crippen LogP contribution in [-0.2, 0) is 16.1 Å². The van der Waals surface area contributed by atoms with Gasteiger partial charge in [0.2, 0.25) is 18.0 Å². The first-order valence-corrected chi connectivity index (χ1v) is 11.4. The van der Waals surface area contributed by atoms with Crippen LogP contribution in [0.1, 0.15) is 29.8 Å². The number of fused-ring (bicyclic) bond motifs is 1. The van der Waals surface area contributed by atoms with E-state index in [2.05, 4.69) is 27.1 Å². The Labute approximate surface area is 200 Å². The van der Waals surface area contributed by atoms with Gasteiger partial charge < -0.3 is 9.47 Å². The summed E-state index contributed by atoms with van der Waals surface area (Å²) in [5, 5.41) is 8.07. The second kappa shape index (κ2) is 9.08. The van der Waals surface area contributed by atoms with Gasteiger partial charge in [0.25, 0.3) is 0 Å². The molecule has 0 saturated carbocycles. The summed E-state index contributed by atoms with van der Waals surface area (Å²) in [5.41, 5.74) is 2.71. The van der Waals surface area contributed by atoms with Crippen molar-refractivity contribution in [1.82, 2.24) is 5.01 Å². The maximum absolute atomic E-state index is 12.3. The van der Waals surface area contributed by atoms with Gasteiger partial charge in [0, 0.05) is 18.1 Å². The van der Waals surface area contributed by atoms with Crippen LogP contribution in [0, 0.1) is 0 Å². The van der Waals surface area contributed by atoms with Gasteiger partial charge in [-0.05, 0) is 62.6 Å². The molecule has 0 unspecified atom stereocenters. The number of nitrogens with zero attached hydrogens (tertiary/aromatic N) is 2. The van der Waals surface area contributed by atoms with Crippen molar-refractivity contribution in [2.45, 2.75) is 19.8 Å². The first kappa shape index (κ1) is 21.2. The molecule has 0 radical (unpaired) electrons. The Bertz CT molecular complexity index is 1350. The molecule has 1 heterocycles. The number of amides is 1. The van der Waals surface area contributed by atoms with Crippen LogP contribution in [0.2, 0.25) is 0 Å². The van der Waals surface area contributed by atoms with Gasteiger partial charge in [0.15, 0.2) is 0 Å². The highest BCUT2D eigenvalue weighted by atomic mass is 79.9. The number of ether oxygens (including phenoxy) is 2. The molecule has 4 aromatic carbocycles. The molecular formula is C27H21BrN2O3. The molecule has 1 aliphatic heterocycles. The second-order valence-electron chi connectivity index (χ2n) is 7.77. The van der Waals surface area contributed by atoms with E-state index in [1.54, 1.807) is 0 Å². The van der Waals surface area contributed by atoms with Crippen molar-refractivity contribution in [3.8, 4) is 5.75 Å². The predicted molar refractivity (Wildman–Crippen MR) is 132 cm³/mol. The van der Waals surface area contributed by atoms with Gasteiger partial charge in [-0.3, -0.25) is 4.79 Å². The van der Waals surface area contributed by atoms with Crippen molar-refractivity contribution in [2.75, 3.05) is 0 Å². The van der Waals surface area contributed by atoms with Gasteiger partial charge in [-0.15, -0.1) is 5.10 Å². The smallest absolute Gasteiger partial charge is 0.243 e. The Balaban J connectivity index is 1.38. The summed E-state index contributed by atoms with van der Waals surface area (Å²) in [7, 11) is 0. The van der Waals surface area contributed by atoms with Crippen LogP contribution in [0.5, 0.6) is 5.75 Å². The summed E-state index contributed by atoms with van der Waals surface area (Å²) in [6.07, 6.45) is -0.650. The molecule has 1 amide bonds. The zero-order chi connectivity index (χ0) is 22.8. The van der Waals surface area contributed by atoms with E-state index in [1.165, 1.54) is 11.9 Å². The van der Waals surface area contributed by atoms with Crippen LogP contribution >= 0.6 is 15.9 Å². The van der Waals surface area contributed by atoms with E-state index < -0.39 is 6.23 Å². The van der Waals surface area contributed by atoms with Gasteiger partial charge in [-0.2, -0.15) is 5.01 Å². The minimum absolute atomic E-state index is 0.198. The molecule has 0 fully saturated rings. The number of benzene rings is 4. The highest BCUT2D eigenvalue weighted by Crippen LogP contribution is 2.35. The molecule has 5 rings (SSSR count). The second-order valence-corrected chi connectivity index (χ2v) is 8.62. The van der Waals surface area contributed by atoms with Crippen LogP contribution in [0.25, 0.3) is 10.8 Å². The van der Waals surface area contributed by atoms with Crippen LogP contribution in [-0.4, -0.2) is 16.8 Å². The summed E-state index contributed by atoms with van der Waals surface area (Å²) in [4.78, 5) is 12.3. The van der Waals surface area contributed by atoms with Gasteiger partial charge in [0.1, 0.15) is 12.4 Å². The van der Waals surface area contributed by atoms with Crippen molar-refractivity contribution in [2.24, 2.45) is 5.10 Å². The third kappa shape index (κ3) is 4.47. The largest absolute Gasteiger partial charge is 0.488 e. The quantitative estimate of drug-likeness (QED) is 0.317. The van der Waals surface area contributed by atoms with E-state index in [0.717, 1.165) is 31.9 Å². The fourth-order valence-corrected chi connectivity index (χ4v) is 4.26. The number of hydrogen-bond acceptors (Lipinski definition) is 4. The molecular weight excluding hydrogens is 480 g/mol. The highest BCUT2D eigenvalue weighted by Gasteiger charge is 2.33. The SMILES string of the molecule is CC(=O)N1N=C(c2ccc3ccccc3c2)O[C@H]1c1ccc(OCc2ccccc2)c(Br)c1. The lowest BCUT2D eigenvalue weighted by Crippen LogP contribution is -2.25. The van der Waals surface area contributed by atoms with Gasteiger partial charge in [-0.25, -0.2) is 0 Å². The molecule has 164 valence electrons. The topological polar surface area (TPSA) is 51.1 Å². The average Bonchev–Trinajstić information content (AvgIpc) is 3.30. The molecule has 1 atom stereocenters. The van der Waals surface area contributed by atoms with Crippen LogP contribution in [0.3, 0.4) is 0 Å². The van der Waals surface area contributed by atoms with Crippen LogP contribution in [0.4, 0.5) is 0 Å². The Morgan fingerprint density at radius 3 is 2.48 bits per heavy atom. The van der Waals surface area contributed by atoms with Gasteiger partial charge in [-0.1, -0.05) is 60.7 Å². The molecule has 5 nitrogen and oxygen atoms in total. The summed E-state index contributed by atoms with van der Waals surface area (Å²) >= 11 is 3.59. The predicted octanol–water partition coefficient (Wildman–Crippen LogP) is 6.42. The number of hydrazone groups is 1. The fourth-order valence-electron chi connectivity index (χ4n) is 3.75. The van der Waals surface area contributed by atoms with E-state index in [1.807, 2.05) is 84.9 Å². The summed E-state index contributed by atoms with van der Waals surface area (Å²) < 4.78 is 12.9. The Morgan fingerprint density at radius 1 is 0.970 bits per heavy atom. The Hall–Kier alpha value is -3.64.